The third-order valence-corrected chi connectivity index (χ3v) is 3.73. The lowest BCUT2D eigenvalue weighted by molar-refractivity contribution is -0.385. The summed E-state index contributed by atoms with van der Waals surface area (Å²) in [5, 5.41) is 14.3. The van der Waals surface area contributed by atoms with Gasteiger partial charge in [0.05, 0.1) is 17.1 Å². The number of ether oxygens (including phenoxy) is 1. The maximum atomic E-state index is 12.7. The standard InChI is InChI=1S/C17H16ClN3O5/c1-2-26-17(23)12-4-3-5-14(21(24)25)15(12)16(22)20-13-7-6-11(18)8-10(13)9-19/h3-8H,2,9,19H2,1H3,(H,20,22). The molecular weight excluding hydrogens is 362 g/mol. The smallest absolute Gasteiger partial charge is 0.339 e. The first-order valence-electron chi connectivity index (χ1n) is 7.63. The van der Waals surface area contributed by atoms with Crippen molar-refractivity contribution < 1.29 is 19.2 Å². The lowest BCUT2D eigenvalue weighted by atomic mass is 10.0. The molecule has 0 unspecified atom stereocenters. The number of carbonyl (C=O) groups is 2. The molecule has 3 N–H and O–H groups in total. The van der Waals surface area contributed by atoms with Gasteiger partial charge in [-0.25, -0.2) is 4.79 Å². The second-order valence-corrected chi connectivity index (χ2v) is 5.57. The molecule has 0 atom stereocenters. The monoisotopic (exact) mass is 377 g/mol. The van der Waals surface area contributed by atoms with Crippen LogP contribution in [0.4, 0.5) is 11.4 Å². The van der Waals surface area contributed by atoms with Crippen molar-refractivity contribution in [3.63, 3.8) is 0 Å². The van der Waals surface area contributed by atoms with Crippen molar-refractivity contribution in [3.8, 4) is 0 Å². The van der Waals surface area contributed by atoms with Crippen molar-refractivity contribution in [3.05, 3.63) is 68.2 Å². The molecule has 0 spiro atoms. The van der Waals surface area contributed by atoms with E-state index in [0.29, 0.717) is 16.3 Å². The molecule has 0 aromatic heterocycles. The van der Waals surface area contributed by atoms with Crippen LogP contribution in [0.25, 0.3) is 0 Å². The number of hydrogen-bond acceptors (Lipinski definition) is 6. The molecule has 8 nitrogen and oxygen atoms in total. The molecule has 0 heterocycles. The van der Waals surface area contributed by atoms with Crippen LogP contribution in [0.1, 0.15) is 33.2 Å². The molecule has 1 amide bonds. The summed E-state index contributed by atoms with van der Waals surface area (Å²) in [6.45, 7) is 1.76. The van der Waals surface area contributed by atoms with Crippen LogP contribution in [0.5, 0.6) is 0 Å². The van der Waals surface area contributed by atoms with Crippen LogP contribution in [0.2, 0.25) is 5.02 Å². The summed E-state index contributed by atoms with van der Waals surface area (Å²) in [5.74, 6) is -1.64. The SMILES string of the molecule is CCOC(=O)c1cccc([N+](=O)[O-])c1C(=O)Nc1ccc(Cl)cc1CN. The Morgan fingerprint density at radius 1 is 1.31 bits per heavy atom. The van der Waals surface area contributed by atoms with Crippen LogP contribution in [0.3, 0.4) is 0 Å². The van der Waals surface area contributed by atoms with Gasteiger partial charge in [-0.2, -0.15) is 0 Å². The largest absolute Gasteiger partial charge is 0.462 e. The Morgan fingerprint density at radius 2 is 2.04 bits per heavy atom. The number of nitrogens with one attached hydrogen (secondary N) is 1. The summed E-state index contributed by atoms with van der Waals surface area (Å²) in [6.07, 6.45) is 0. The molecule has 136 valence electrons. The highest BCUT2D eigenvalue weighted by molar-refractivity contribution is 6.30. The molecule has 0 aliphatic carbocycles. The van der Waals surface area contributed by atoms with Gasteiger partial charge in [0.2, 0.25) is 0 Å². The minimum Gasteiger partial charge on any atom is -0.462 e. The number of esters is 1. The first-order chi connectivity index (χ1) is 12.4. The summed E-state index contributed by atoms with van der Waals surface area (Å²) in [7, 11) is 0. The van der Waals surface area contributed by atoms with Crippen LogP contribution in [-0.2, 0) is 11.3 Å². The number of carbonyl (C=O) groups excluding carboxylic acids is 2. The van der Waals surface area contributed by atoms with Gasteiger partial charge in [-0.15, -0.1) is 0 Å². The number of halogens is 1. The van der Waals surface area contributed by atoms with E-state index >= 15 is 0 Å². The lowest BCUT2D eigenvalue weighted by Crippen LogP contribution is -2.20. The Labute approximate surface area is 154 Å². The van der Waals surface area contributed by atoms with Gasteiger partial charge in [0.1, 0.15) is 5.56 Å². The third kappa shape index (κ3) is 4.16. The molecule has 2 aromatic carbocycles. The third-order valence-electron chi connectivity index (χ3n) is 3.50. The second kappa shape index (κ2) is 8.41. The van der Waals surface area contributed by atoms with E-state index in [1.54, 1.807) is 19.1 Å². The molecular formula is C17H16ClN3O5. The van der Waals surface area contributed by atoms with Gasteiger partial charge >= 0.3 is 5.97 Å². The van der Waals surface area contributed by atoms with Gasteiger partial charge in [-0.3, -0.25) is 14.9 Å². The molecule has 0 saturated heterocycles. The van der Waals surface area contributed by atoms with Crippen LogP contribution in [-0.4, -0.2) is 23.4 Å². The van der Waals surface area contributed by atoms with E-state index in [4.69, 9.17) is 22.1 Å². The number of anilines is 1. The molecule has 0 aliphatic heterocycles. The zero-order valence-corrected chi connectivity index (χ0v) is 14.6. The number of amides is 1. The van der Waals surface area contributed by atoms with E-state index in [2.05, 4.69) is 5.32 Å². The normalized spacial score (nSPS) is 10.3. The average molecular weight is 378 g/mol. The number of nitrogens with zero attached hydrogens (tertiary/aromatic N) is 1. The van der Waals surface area contributed by atoms with Crippen molar-refractivity contribution >= 4 is 34.9 Å². The molecule has 2 aromatic rings. The second-order valence-electron chi connectivity index (χ2n) is 5.14. The van der Waals surface area contributed by atoms with Crippen molar-refractivity contribution in [1.82, 2.24) is 0 Å². The fourth-order valence-electron chi connectivity index (χ4n) is 2.35. The average Bonchev–Trinajstić information content (AvgIpc) is 2.62. The Morgan fingerprint density at radius 3 is 2.65 bits per heavy atom. The highest BCUT2D eigenvalue weighted by Gasteiger charge is 2.28. The van der Waals surface area contributed by atoms with Gasteiger partial charge in [0, 0.05) is 23.3 Å². The van der Waals surface area contributed by atoms with Gasteiger partial charge in [0.25, 0.3) is 11.6 Å². The van der Waals surface area contributed by atoms with Gasteiger partial charge in [-0.05, 0) is 36.8 Å². The number of benzene rings is 2. The fourth-order valence-corrected chi connectivity index (χ4v) is 2.54. The molecule has 9 heteroatoms. The summed E-state index contributed by atoms with van der Waals surface area (Å²) in [4.78, 5) is 35.4. The Bertz CT molecular complexity index is 869. The summed E-state index contributed by atoms with van der Waals surface area (Å²) in [6, 6.07) is 8.40. The molecule has 0 bridgehead atoms. The van der Waals surface area contributed by atoms with Crippen LogP contribution < -0.4 is 11.1 Å². The molecule has 26 heavy (non-hydrogen) atoms. The highest BCUT2D eigenvalue weighted by Crippen LogP contribution is 2.26. The van der Waals surface area contributed by atoms with Crippen molar-refractivity contribution in [1.29, 1.82) is 0 Å². The number of rotatable bonds is 6. The quantitative estimate of drug-likeness (QED) is 0.452. The van der Waals surface area contributed by atoms with Crippen LogP contribution in [0.15, 0.2) is 36.4 Å². The summed E-state index contributed by atoms with van der Waals surface area (Å²) in [5.41, 5.74) is 5.45. The van der Waals surface area contributed by atoms with Gasteiger partial charge in [-0.1, -0.05) is 17.7 Å². The Hall–Kier alpha value is -2.97. The van der Waals surface area contributed by atoms with Crippen molar-refractivity contribution in [2.75, 3.05) is 11.9 Å². The number of hydrogen-bond donors (Lipinski definition) is 2. The summed E-state index contributed by atoms with van der Waals surface area (Å²) < 4.78 is 4.89. The van der Waals surface area contributed by atoms with E-state index in [1.807, 2.05) is 0 Å². The Balaban J connectivity index is 2.50. The fraction of sp³-hybridized carbons (Fsp3) is 0.176. The van der Waals surface area contributed by atoms with Gasteiger partial charge < -0.3 is 15.8 Å². The molecule has 0 aliphatic rings. The highest BCUT2D eigenvalue weighted by atomic mass is 35.5. The molecule has 0 saturated carbocycles. The predicted molar refractivity (Wildman–Crippen MR) is 96.3 cm³/mol. The van der Waals surface area contributed by atoms with E-state index in [1.165, 1.54) is 18.2 Å². The van der Waals surface area contributed by atoms with Crippen molar-refractivity contribution in [2.24, 2.45) is 5.73 Å². The van der Waals surface area contributed by atoms with Gasteiger partial charge in [0.15, 0.2) is 0 Å². The van der Waals surface area contributed by atoms with Crippen molar-refractivity contribution in [2.45, 2.75) is 13.5 Å². The first-order valence-corrected chi connectivity index (χ1v) is 8.01. The van der Waals surface area contributed by atoms with E-state index < -0.39 is 22.5 Å². The molecule has 0 radical (unpaired) electrons. The van der Waals surface area contributed by atoms with E-state index in [-0.39, 0.29) is 24.3 Å². The number of nitro benzene ring substituents is 1. The number of nitrogens with two attached hydrogens (primary N) is 1. The molecule has 2 rings (SSSR count). The summed E-state index contributed by atoms with van der Waals surface area (Å²) >= 11 is 5.90. The minimum absolute atomic E-state index is 0.0666. The predicted octanol–water partition coefficient (Wildman–Crippen LogP) is 3.14. The van der Waals surface area contributed by atoms with E-state index in [9.17, 15) is 19.7 Å². The first kappa shape index (κ1) is 19.4. The Kier molecular flexibility index (Phi) is 6.26. The zero-order valence-electron chi connectivity index (χ0n) is 13.8. The number of nitro groups is 1. The maximum Gasteiger partial charge on any atom is 0.339 e. The van der Waals surface area contributed by atoms with Crippen LogP contribution in [0, 0.1) is 10.1 Å². The zero-order chi connectivity index (χ0) is 19.3. The molecule has 0 fully saturated rings. The topological polar surface area (TPSA) is 125 Å². The maximum absolute atomic E-state index is 12.7. The lowest BCUT2D eigenvalue weighted by Gasteiger charge is -2.12. The van der Waals surface area contributed by atoms with E-state index in [0.717, 1.165) is 6.07 Å². The minimum atomic E-state index is -0.823. The van der Waals surface area contributed by atoms with Crippen LogP contribution >= 0.6 is 11.6 Å².